The summed E-state index contributed by atoms with van der Waals surface area (Å²) >= 11 is 0. The number of hydrogen-bond donors (Lipinski definition) is 1. The minimum Gasteiger partial charge on any atom is -0.493 e. The number of para-hydroxylation sites is 2. The van der Waals surface area contributed by atoms with Crippen molar-refractivity contribution in [3.8, 4) is 17.2 Å². The summed E-state index contributed by atoms with van der Waals surface area (Å²) in [6, 6.07) is 8.14. The molecule has 8 nitrogen and oxygen atoms in total. The SMILES string of the molecule is CCOC(=O)Nc1cc(Oc2ccccc2OC)c([N+](=O)[O-])cc1F. The molecule has 2 aromatic rings. The maximum absolute atomic E-state index is 14.0. The van der Waals surface area contributed by atoms with Crippen molar-refractivity contribution in [1.82, 2.24) is 0 Å². The Morgan fingerprint density at radius 2 is 1.92 bits per heavy atom. The zero-order valence-corrected chi connectivity index (χ0v) is 13.4. The van der Waals surface area contributed by atoms with Crippen LogP contribution in [0.25, 0.3) is 0 Å². The number of nitrogens with zero attached hydrogens (tertiary/aromatic N) is 1. The Kier molecular flexibility index (Phi) is 5.72. The predicted molar refractivity (Wildman–Crippen MR) is 86.8 cm³/mol. The third-order valence-corrected chi connectivity index (χ3v) is 3.05. The van der Waals surface area contributed by atoms with Crippen molar-refractivity contribution < 1.29 is 28.3 Å². The third-order valence-electron chi connectivity index (χ3n) is 3.05. The number of nitro groups is 1. The van der Waals surface area contributed by atoms with Crippen LogP contribution in [0.2, 0.25) is 0 Å². The fourth-order valence-electron chi connectivity index (χ4n) is 1.96. The van der Waals surface area contributed by atoms with Crippen LogP contribution in [0.5, 0.6) is 17.2 Å². The first kappa shape index (κ1) is 18.0. The molecule has 9 heteroatoms. The summed E-state index contributed by atoms with van der Waals surface area (Å²) < 4.78 is 29.3. The highest BCUT2D eigenvalue weighted by Crippen LogP contribution is 2.38. The number of methoxy groups -OCH3 is 1. The summed E-state index contributed by atoms with van der Waals surface area (Å²) in [6.45, 7) is 1.67. The van der Waals surface area contributed by atoms with Crippen LogP contribution in [-0.4, -0.2) is 24.7 Å². The Hall–Kier alpha value is -3.36. The van der Waals surface area contributed by atoms with Gasteiger partial charge in [0.2, 0.25) is 5.75 Å². The highest BCUT2D eigenvalue weighted by molar-refractivity contribution is 5.85. The molecule has 0 heterocycles. The lowest BCUT2D eigenvalue weighted by atomic mass is 10.2. The molecule has 0 bridgehead atoms. The summed E-state index contributed by atoms with van der Waals surface area (Å²) in [6.07, 6.45) is -0.890. The Balaban J connectivity index is 2.43. The monoisotopic (exact) mass is 350 g/mol. The zero-order chi connectivity index (χ0) is 18.4. The van der Waals surface area contributed by atoms with E-state index in [4.69, 9.17) is 9.47 Å². The van der Waals surface area contributed by atoms with Gasteiger partial charge >= 0.3 is 11.8 Å². The first-order valence-corrected chi connectivity index (χ1v) is 7.18. The number of carbonyl (C=O) groups excluding carboxylic acids is 1. The molecule has 1 N–H and O–H groups in total. The molecule has 0 aromatic heterocycles. The number of nitro benzene ring substituents is 1. The molecule has 0 unspecified atom stereocenters. The number of amides is 1. The fourth-order valence-corrected chi connectivity index (χ4v) is 1.96. The molecule has 0 saturated carbocycles. The van der Waals surface area contributed by atoms with Gasteiger partial charge in [-0.15, -0.1) is 0 Å². The minimum atomic E-state index is -0.993. The fraction of sp³-hybridized carbons (Fsp3) is 0.188. The van der Waals surface area contributed by atoms with Gasteiger partial charge in [-0.3, -0.25) is 15.4 Å². The molecule has 132 valence electrons. The second-order valence-electron chi connectivity index (χ2n) is 4.66. The lowest BCUT2D eigenvalue weighted by molar-refractivity contribution is -0.385. The molecule has 2 rings (SSSR count). The second kappa shape index (κ2) is 7.95. The smallest absolute Gasteiger partial charge is 0.411 e. The number of benzene rings is 2. The number of ether oxygens (including phenoxy) is 3. The summed E-state index contributed by atoms with van der Waals surface area (Å²) in [5.41, 5.74) is -0.910. The van der Waals surface area contributed by atoms with Crippen molar-refractivity contribution in [3.05, 3.63) is 52.3 Å². The molecule has 0 aliphatic rings. The number of carbonyl (C=O) groups is 1. The number of hydrogen-bond acceptors (Lipinski definition) is 6. The van der Waals surface area contributed by atoms with Gasteiger partial charge in [0.05, 0.1) is 30.4 Å². The van der Waals surface area contributed by atoms with Crippen LogP contribution < -0.4 is 14.8 Å². The lowest BCUT2D eigenvalue weighted by Crippen LogP contribution is -2.14. The van der Waals surface area contributed by atoms with Crippen LogP contribution in [0, 0.1) is 15.9 Å². The highest BCUT2D eigenvalue weighted by Gasteiger charge is 2.22. The average molecular weight is 350 g/mol. The first-order valence-electron chi connectivity index (χ1n) is 7.18. The van der Waals surface area contributed by atoms with Gasteiger partial charge in [0.15, 0.2) is 17.3 Å². The van der Waals surface area contributed by atoms with Crippen LogP contribution in [0.15, 0.2) is 36.4 Å². The number of nitrogens with one attached hydrogen (secondary N) is 1. The molecule has 0 atom stereocenters. The van der Waals surface area contributed by atoms with Crippen LogP contribution in [0.3, 0.4) is 0 Å². The Labute approximate surface area is 142 Å². The standard InChI is InChI=1S/C16H15FN2O6/c1-3-24-16(20)18-11-9-15(12(19(21)22)8-10(11)17)25-14-7-5-4-6-13(14)23-2/h4-9H,3H2,1-2H3,(H,18,20). The van der Waals surface area contributed by atoms with Gasteiger partial charge < -0.3 is 14.2 Å². The van der Waals surface area contributed by atoms with E-state index in [1.807, 2.05) is 0 Å². The van der Waals surface area contributed by atoms with Crippen molar-refractivity contribution >= 4 is 17.5 Å². The lowest BCUT2D eigenvalue weighted by Gasteiger charge is -2.12. The first-order chi connectivity index (χ1) is 12.0. The van der Waals surface area contributed by atoms with E-state index in [0.29, 0.717) is 11.8 Å². The largest absolute Gasteiger partial charge is 0.493 e. The summed E-state index contributed by atoms with van der Waals surface area (Å²) in [4.78, 5) is 21.8. The van der Waals surface area contributed by atoms with E-state index in [1.54, 1.807) is 25.1 Å². The van der Waals surface area contributed by atoms with Gasteiger partial charge in [0.1, 0.15) is 0 Å². The quantitative estimate of drug-likeness (QED) is 0.622. The van der Waals surface area contributed by atoms with Gasteiger partial charge in [-0.2, -0.15) is 0 Å². The molecule has 0 spiro atoms. The molecule has 0 saturated heterocycles. The number of halogens is 1. The summed E-state index contributed by atoms with van der Waals surface area (Å²) in [5.74, 6) is -0.724. The zero-order valence-electron chi connectivity index (χ0n) is 13.4. The second-order valence-corrected chi connectivity index (χ2v) is 4.66. The van der Waals surface area contributed by atoms with Gasteiger partial charge in [0, 0.05) is 6.07 Å². The van der Waals surface area contributed by atoms with Crippen molar-refractivity contribution in [2.75, 3.05) is 19.0 Å². The van der Waals surface area contributed by atoms with Crippen LogP contribution in [0.1, 0.15) is 6.92 Å². The third kappa shape index (κ3) is 4.34. The molecule has 2 aromatic carbocycles. The normalized spacial score (nSPS) is 10.0. The van der Waals surface area contributed by atoms with E-state index < -0.39 is 22.5 Å². The Morgan fingerprint density at radius 3 is 2.52 bits per heavy atom. The van der Waals surface area contributed by atoms with Crippen molar-refractivity contribution in [3.63, 3.8) is 0 Å². The number of rotatable bonds is 6. The van der Waals surface area contributed by atoms with Gasteiger partial charge in [-0.05, 0) is 19.1 Å². The highest BCUT2D eigenvalue weighted by atomic mass is 19.1. The summed E-state index contributed by atoms with van der Waals surface area (Å²) in [7, 11) is 1.41. The minimum absolute atomic E-state index is 0.0883. The van der Waals surface area contributed by atoms with Crippen LogP contribution in [-0.2, 0) is 4.74 Å². The van der Waals surface area contributed by atoms with Crippen LogP contribution >= 0.6 is 0 Å². The van der Waals surface area contributed by atoms with E-state index in [2.05, 4.69) is 10.1 Å². The molecule has 0 aliphatic heterocycles. The maximum Gasteiger partial charge on any atom is 0.411 e. The van der Waals surface area contributed by atoms with Crippen molar-refractivity contribution in [2.45, 2.75) is 6.92 Å². The van der Waals surface area contributed by atoms with Crippen molar-refractivity contribution in [2.24, 2.45) is 0 Å². The van der Waals surface area contributed by atoms with E-state index in [-0.39, 0.29) is 23.8 Å². The Morgan fingerprint density at radius 1 is 1.24 bits per heavy atom. The molecule has 0 radical (unpaired) electrons. The van der Waals surface area contributed by atoms with E-state index in [9.17, 15) is 19.3 Å². The molecule has 25 heavy (non-hydrogen) atoms. The van der Waals surface area contributed by atoms with Gasteiger partial charge in [-0.1, -0.05) is 12.1 Å². The topological polar surface area (TPSA) is 99.9 Å². The molecule has 0 fully saturated rings. The summed E-state index contributed by atoms with van der Waals surface area (Å²) in [5, 5.41) is 13.3. The van der Waals surface area contributed by atoms with Crippen LogP contribution in [0.4, 0.5) is 20.6 Å². The van der Waals surface area contributed by atoms with E-state index in [1.165, 1.54) is 13.2 Å². The van der Waals surface area contributed by atoms with E-state index in [0.717, 1.165) is 6.07 Å². The maximum atomic E-state index is 14.0. The molecule has 1 amide bonds. The Bertz CT molecular complexity index is 796. The predicted octanol–water partition coefficient (Wildman–Crippen LogP) is 4.10. The van der Waals surface area contributed by atoms with E-state index >= 15 is 0 Å². The van der Waals surface area contributed by atoms with Crippen molar-refractivity contribution in [1.29, 1.82) is 0 Å². The molecular weight excluding hydrogens is 335 g/mol. The molecular formula is C16H15FN2O6. The molecule has 0 aliphatic carbocycles. The van der Waals surface area contributed by atoms with Gasteiger partial charge in [-0.25, -0.2) is 9.18 Å². The number of anilines is 1. The average Bonchev–Trinajstić information content (AvgIpc) is 2.58. The van der Waals surface area contributed by atoms with Gasteiger partial charge in [0.25, 0.3) is 0 Å².